The topological polar surface area (TPSA) is 0 Å². The van der Waals surface area contributed by atoms with Crippen LogP contribution in [-0.4, -0.2) is 0 Å². The lowest BCUT2D eigenvalue weighted by Gasteiger charge is -2.07. The standard InChI is InChI=1S/C19H26/c1-4-7-16-13-18(8-5-2)19(14-16)17-11-9-15(6-3)10-12-17/h9-12,14H,4-8,13H2,1-3H3. The molecule has 1 aromatic rings. The first-order valence-corrected chi connectivity index (χ1v) is 7.79. The Labute approximate surface area is 118 Å². The molecular formula is C19H26. The molecule has 0 atom stereocenters. The van der Waals surface area contributed by atoms with E-state index in [0.717, 1.165) is 6.42 Å². The molecule has 102 valence electrons. The van der Waals surface area contributed by atoms with E-state index in [-0.39, 0.29) is 0 Å². The summed E-state index contributed by atoms with van der Waals surface area (Å²) >= 11 is 0. The summed E-state index contributed by atoms with van der Waals surface area (Å²) in [7, 11) is 0. The molecule has 0 N–H and O–H groups in total. The number of rotatable bonds is 6. The van der Waals surface area contributed by atoms with Gasteiger partial charge in [-0.05, 0) is 42.4 Å². The summed E-state index contributed by atoms with van der Waals surface area (Å²) in [5.74, 6) is 0. The predicted octanol–water partition coefficient (Wildman–Crippen LogP) is 5.93. The van der Waals surface area contributed by atoms with Crippen LogP contribution in [0.1, 0.15) is 64.0 Å². The number of benzene rings is 1. The highest BCUT2D eigenvalue weighted by atomic mass is 14.2. The maximum atomic E-state index is 2.45. The van der Waals surface area contributed by atoms with Gasteiger partial charge in [0.1, 0.15) is 0 Å². The molecule has 0 heterocycles. The Morgan fingerprint density at radius 2 is 1.58 bits per heavy atom. The molecular weight excluding hydrogens is 228 g/mol. The molecule has 1 aromatic carbocycles. The highest BCUT2D eigenvalue weighted by molar-refractivity contribution is 5.80. The molecule has 0 amide bonds. The van der Waals surface area contributed by atoms with Crippen molar-refractivity contribution in [2.75, 3.05) is 0 Å². The molecule has 0 fully saturated rings. The number of hydrogen-bond acceptors (Lipinski definition) is 0. The van der Waals surface area contributed by atoms with Crippen LogP contribution in [0.2, 0.25) is 0 Å². The zero-order chi connectivity index (χ0) is 13.7. The van der Waals surface area contributed by atoms with Crippen LogP contribution in [0.3, 0.4) is 0 Å². The largest absolute Gasteiger partial charge is 0.0655 e. The van der Waals surface area contributed by atoms with Crippen molar-refractivity contribution in [2.45, 2.75) is 59.3 Å². The zero-order valence-electron chi connectivity index (χ0n) is 12.6. The lowest BCUT2D eigenvalue weighted by Crippen LogP contribution is -1.87. The molecule has 2 rings (SSSR count). The fourth-order valence-corrected chi connectivity index (χ4v) is 2.94. The van der Waals surface area contributed by atoms with Crippen LogP contribution in [0.5, 0.6) is 0 Å². The van der Waals surface area contributed by atoms with Crippen LogP contribution in [0.15, 0.2) is 41.5 Å². The molecule has 0 radical (unpaired) electrons. The molecule has 1 aliphatic rings. The Hall–Kier alpha value is -1.30. The summed E-state index contributed by atoms with van der Waals surface area (Å²) in [4.78, 5) is 0. The van der Waals surface area contributed by atoms with E-state index < -0.39 is 0 Å². The zero-order valence-corrected chi connectivity index (χ0v) is 12.6. The van der Waals surface area contributed by atoms with E-state index in [1.807, 2.05) is 0 Å². The molecule has 0 heteroatoms. The van der Waals surface area contributed by atoms with Gasteiger partial charge in [0, 0.05) is 0 Å². The average Bonchev–Trinajstić information content (AvgIpc) is 2.83. The quantitative estimate of drug-likeness (QED) is 0.590. The maximum absolute atomic E-state index is 2.45. The summed E-state index contributed by atoms with van der Waals surface area (Å²) < 4.78 is 0. The maximum Gasteiger partial charge on any atom is -0.00959 e. The minimum atomic E-state index is 1.12. The van der Waals surface area contributed by atoms with Crippen molar-refractivity contribution in [1.29, 1.82) is 0 Å². The second-order valence-corrected chi connectivity index (χ2v) is 5.55. The van der Waals surface area contributed by atoms with E-state index in [0.29, 0.717) is 0 Å². The van der Waals surface area contributed by atoms with Gasteiger partial charge in [-0.25, -0.2) is 0 Å². The third-order valence-electron chi connectivity index (χ3n) is 3.97. The molecule has 0 saturated carbocycles. The lowest BCUT2D eigenvalue weighted by molar-refractivity contribution is 0.833. The molecule has 0 nitrogen and oxygen atoms in total. The molecule has 0 saturated heterocycles. The van der Waals surface area contributed by atoms with Crippen LogP contribution < -0.4 is 0 Å². The minimum absolute atomic E-state index is 1.12. The highest BCUT2D eigenvalue weighted by Crippen LogP contribution is 2.36. The Morgan fingerprint density at radius 3 is 2.16 bits per heavy atom. The first kappa shape index (κ1) is 14.1. The molecule has 0 spiro atoms. The van der Waals surface area contributed by atoms with E-state index in [4.69, 9.17) is 0 Å². The molecule has 0 aliphatic heterocycles. The van der Waals surface area contributed by atoms with E-state index in [9.17, 15) is 0 Å². The second kappa shape index (κ2) is 6.75. The Kier molecular flexibility index (Phi) is 5.01. The van der Waals surface area contributed by atoms with Gasteiger partial charge in [-0.15, -0.1) is 0 Å². The summed E-state index contributed by atoms with van der Waals surface area (Å²) in [6.07, 6.45) is 9.80. The van der Waals surface area contributed by atoms with Crippen molar-refractivity contribution in [1.82, 2.24) is 0 Å². The lowest BCUT2D eigenvalue weighted by atomic mass is 9.98. The van der Waals surface area contributed by atoms with Crippen molar-refractivity contribution in [3.63, 3.8) is 0 Å². The first-order chi connectivity index (χ1) is 9.28. The van der Waals surface area contributed by atoms with Crippen molar-refractivity contribution >= 4 is 5.57 Å². The van der Waals surface area contributed by atoms with Crippen molar-refractivity contribution in [3.8, 4) is 0 Å². The van der Waals surface area contributed by atoms with Gasteiger partial charge in [0.2, 0.25) is 0 Å². The predicted molar refractivity (Wildman–Crippen MR) is 85.3 cm³/mol. The van der Waals surface area contributed by atoms with Gasteiger partial charge in [-0.2, -0.15) is 0 Å². The molecule has 19 heavy (non-hydrogen) atoms. The van der Waals surface area contributed by atoms with Crippen LogP contribution >= 0.6 is 0 Å². The smallest absolute Gasteiger partial charge is 0.00959 e. The van der Waals surface area contributed by atoms with Gasteiger partial charge in [-0.3, -0.25) is 0 Å². The van der Waals surface area contributed by atoms with Gasteiger partial charge in [0.25, 0.3) is 0 Å². The number of allylic oxidation sites excluding steroid dienone is 4. The Morgan fingerprint density at radius 1 is 0.895 bits per heavy atom. The fraction of sp³-hybridized carbons (Fsp3) is 0.474. The average molecular weight is 254 g/mol. The second-order valence-electron chi connectivity index (χ2n) is 5.55. The van der Waals surface area contributed by atoms with Crippen molar-refractivity contribution in [2.24, 2.45) is 0 Å². The summed E-state index contributed by atoms with van der Waals surface area (Å²) in [6.45, 7) is 6.77. The number of hydrogen-bond donors (Lipinski definition) is 0. The van der Waals surface area contributed by atoms with Crippen LogP contribution in [0, 0.1) is 0 Å². The fourth-order valence-electron chi connectivity index (χ4n) is 2.94. The van der Waals surface area contributed by atoms with Crippen LogP contribution in [0.25, 0.3) is 5.57 Å². The molecule has 0 unspecified atom stereocenters. The molecule has 0 aromatic heterocycles. The summed E-state index contributed by atoms with van der Waals surface area (Å²) in [5.41, 5.74) is 7.62. The van der Waals surface area contributed by atoms with Gasteiger partial charge < -0.3 is 0 Å². The molecule has 1 aliphatic carbocycles. The monoisotopic (exact) mass is 254 g/mol. The summed E-state index contributed by atoms with van der Waals surface area (Å²) in [6, 6.07) is 9.15. The van der Waals surface area contributed by atoms with E-state index in [2.05, 4.69) is 51.1 Å². The number of aryl methyl sites for hydroxylation is 1. The Bertz CT molecular complexity index is 471. The van der Waals surface area contributed by atoms with Crippen LogP contribution in [-0.2, 0) is 6.42 Å². The molecule has 0 bridgehead atoms. The van der Waals surface area contributed by atoms with E-state index >= 15 is 0 Å². The third kappa shape index (κ3) is 3.37. The van der Waals surface area contributed by atoms with Crippen LogP contribution in [0.4, 0.5) is 0 Å². The van der Waals surface area contributed by atoms with Gasteiger partial charge in [-0.1, -0.05) is 75.1 Å². The van der Waals surface area contributed by atoms with Crippen molar-refractivity contribution < 1.29 is 0 Å². The third-order valence-corrected chi connectivity index (χ3v) is 3.97. The first-order valence-electron chi connectivity index (χ1n) is 7.79. The summed E-state index contributed by atoms with van der Waals surface area (Å²) in [5, 5.41) is 0. The van der Waals surface area contributed by atoms with E-state index in [1.165, 1.54) is 48.8 Å². The van der Waals surface area contributed by atoms with Crippen molar-refractivity contribution in [3.05, 3.63) is 52.6 Å². The normalized spacial score (nSPS) is 15.0. The highest BCUT2D eigenvalue weighted by Gasteiger charge is 2.15. The van der Waals surface area contributed by atoms with Gasteiger partial charge >= 0.3 is 0 Å². The minimum Gasteiger partial charge on any atom is -0.0655 e. The van der Waals surface area contributed by atoms with Gasteiger partial charge in [0.05, 0.1) is 0 Å². The Balaban J connectivity index is 2.27. The SMILES string of the molecule is CCCC1=CC(c2ccc(CC)cc2)=C(CCC)C1. The van der Waals surface area contributed by atoms with Gasteiger partial charge in [0.15, 0.2) is 0 Å². The van der Waals surface area contributed by atoms with E-state index in [1.54, 1.807) is 11.1 Å².